The topological polar surface area (TPSA) is 135 Å². The molecule has 1 fully saturated rings. The highest BCUT2D eigenvalue weighted by Gasteiger charge is 2.32. The summed E-state index contributed by atoms with van der Waals surface area (Å²) in [5, 5.41) is 7.93. The number of carbonyl (C=O) groups is 3. The molecule has 1 aliphatic rings. The van der Waals surface area contributed by atoms with E-state index < -0.39 is 17.5 Å². The van der Waals surface area contributed by atoms with Gasteiger partial charge in [0.05, 0.1) is 18.5 Å². The van der Waals surface area contributed by atoms with Crippen molar-refractivity contribution < 1.29 is 19.1 Å². The number of amides is 3. The zero-order chi connectivity index (χ0) is 26.2. The van der Waals surface area contributed by atoms with Gasteiger partial charge in [0.15, 0.2) is 0 Å². The molecule has 0 unspecified atom stereocenters. The number of nitrogens with one attached hydrogen (secondary N) is 3. The van der Waals surface area contributed by atoms with Crippen LogP contribution in [0.5, 0.6) is 5.88 Å². The Balaban J connectivity index is 1.67. The van der Waals surface area contributed by atoms with Crippen molar-refractivity contribution in [3.63, 3.8) is 0 Å². The van der Waals surface area contributed by atoms with Crippen LogP contribution in [-0.4, -0.2) is 53.8 Å². The summed E-state index contributed by atoms with van der Waals surface area (Å²) in [5.41, 5.74) is 8.23. The molecule has 9 nitrogen and oxygen atoms in total. The molecule has 194 valence electrons. The van der Waals surface area contributed by atoms with Crippen LogP contribution in [0.1, 0.15) is 43.5 Å². The highest BCUT2D eigenvalue weighted by molar-refractivity contribution is 7.80. The predicted molar refractivity (Wildman–Crippen MR) is 142 cm³/mol. The third kappa shape index (κ3) is 7.44. The van der Waals surface area contributed by atoms with Crippen LogP contribution in [0.15, 0.2) is 42.6 Å². The van der Waals surface area contributed by atoms with Crippen LogP contribution < -0.4 is 26.4 Å². The number of nitrogens with zero attached hydrogens (tertiary/aromatic N) is 1. The molecule has 1 saturated heterocycles. The molecule has 0 aliphatic carbocycles. The average molecular weight is 514 g/mol. The molecular weight excluding hydrogens is 478 g/mol. The lowest BCUT2D eigenvalue weighted by molar-refractivity contribution is -0.126. The molecule has 3 amide bonds. The second kappa shape index (κ2) is 12.7. The summed E-state index contributed by atoms with van der Waals surface area (Å²) in [4.78, 5) is 42.4. The van der Waals surface area contributed by atoms with Crippen LogP contribution >= 0.6 is 12.6 Å². The third-order valence-electron chi connectivity index (χ3n) is 6.20. The number of pyridine rings is 1. The highest BCUT2D eigenvalue weighted by Crippen LogP contribution is 2.21. The van der Waals surface area contributed by atoms with E-state index in [0.29, 0.717) is 37.3 Å². The van der Waals surface area contributed by atoms with Gasteiger partial charge in [-0.25, -0.2) is 4.98 Å². The zero-order valence-electron chi connectivity index (χ0n) is 20.9. The molecular formula is C26H35N5O4S. The number of aromatic nitrogens is 1. The van der Waals surface area contributed by atoms with Crippen LogP contribution in [-0.2, 0) is 9.59 Å². The van der Waals surface area contributed by atoms with Crippen LogP contribution in [0.3, 0.4) is 0 Å². The second-order valence-corrected chi connectivity index (χ2v) is 10.0. The second-order valence-electron chi connectivity index (χ2n) is 9.44. The van der Waals surface area contributed by atoms with Crippen molar-refractivity contribution in [1.29, 1.82) is 0 Å². The van der Waals surface area contributed by atoms with Gasteiger partial charge in [0.2, 0.25) is 17.7 Å². The van der Waals surface area contributed by atoms with Crippen molar-refractivity contribution >= 4 is 30.4 Å². The van der Waals surface area contributed by atoms with E-state index in [1.54, 1.807) is 31.5 Å². The number of thiol groups is 1. The Kier molecular flexibility index (Phi) is 9.72. The van der Waals surface area contributed by atoms with Crippen molar-refractivity contribution in [2.75, 3.05) is 13.7 Å². The first-order chi connectivity index (χ1) is 17.2. The zero-order valence-corrected chi connectivity index (χ0v) is 21.8. The molecule has 0 bridgehead atoms. The molecule has 1 aromatic carbocycles. The Labute approximate surface area is 217 Å². The number of benzene rings is 1. The van der Waals surface area contributed by atoms with Gasteiger partial charge in [-0.15, -0.1) is 0 Å². The molecule has 1 aromatic heterocycles. The predicted octanol–water partition coefficient (Wildman–Crippen LogP) is 2.13. The first-order valence-corrected chi connectivity index (χ1v) is 12.6. The summed E-state index contributed by atoms with van der Waals surface area (Å²) in [6.07, 6.45) is 3.24. The van der Waals surface area contributed by atoms with Crippen molar-refractivity contribution in [3.05, 3.63) is 48.2 Å². The highest BCUT2D eigenvalue weighted by atomic mass is 32.1. The molecule has 5 N–H and O–H groups in total. The molecule has 2 heterocycles. The van der Waals surface area contributed by atoms with Gasteiger partial charge in [-0.2, -0.15) is 12.6 Å². The molecule has 0 radical (unpaired) electrons. The van der Waals surface area contributed by atoms with Crippen LogP contribution in [0.25, 0.3) is 11.1 Å². The van der Waals surface area contributed by atoms with E-state index in [-0.39, 0.29) is 29.6 Å². The van der Waals surface area contributed by atoms with Crippen molar-refractivity contribution in [3.8, 4) is 17.0 Å². The van der Waals surface area contributed by atoms with Crippen LogP contribution in [0.2, 0.25) is 0 Å². The quantitative estimate of drug-likeness (QED) is 0.231. The number of carbonyl (C=O) groups excluding carboxylic acids is 3. The van der Waals surface area contributed by atoms with E-state index in [2.05, 4.69) is 33.6 Å². The average Bonchev–Trinajstić information content (AvgIpc) is 3.27. The molecule has 0 saturated carbocycles. The summed E-state index contributed by atoms with van der Waals surface area (Å²) >= 11 is 4.32. The van der Waals surface area contributed by atoms with E-state index in [9.17, 15) is 14.4 Å². The lowest BCUT2D eigenvalue weighted by atomic mass is 9.97. The summed E-state index contributed by atoms with van der Waals surface area (Å²) in [6, 6.07) is 9.50. The first kappa shape index (κ1) is 27.5. The lowest BCUT2D eigenvalue weighted by Crippen LogP contribution is -2.54. The maximum atomic E-state index is 13.2. The van der Waals surface area contributed by atoms with Crippen molar-refractivity contribution in [2.45, 2.75) is 50.6 Å². The SMILES string of the molecule is COc1ccc(-c2ccc(C(=O)N[C@@H](CC(C)C)C(=O)N[C@@H](C[C@@H]3CCNC3=O)[C@@H](N)S)cc2)cn1. The smallest absolute Gasteiger partial charge is 0.251 e. The minimum atomic E-state index is -0.755. The number of hydrogen-bond donors (Lipinski definition) is 5. The van der Waals surface area contributed by atoms with Crippen molar-refractivity contribution in [1.82, 2.24) is 20.9 Å². The molecule has 36 heavy (non-hydrogen) atoms. The normalized spacial score (nSPS) is 17.7. The molecule has 1 aliphatic heterocycles. The maximum Gasteiger partial charge on any atom is 0.251 e. The monoisotopic (exact) mass is 513 g/mol. The number of nitrogens with two attached hydrogens (primary N) is 1. The van der Waals surface area contributed by atoms with Gasteiger partial charge in [-0.3, -0.25) is 14.4 Å². The van der Waals surface area contributed by atoms with Gasteiger partial charge in [0.1, 0.15) is 6.04 Å². The minimum Gasteiger partial charge on any atom is -0.481 e. The number of ether oxygens (including phenoxy) is 1. The summed E-state index contributed by atoms with van der Waals surface area (Å²) in [7, 11) is 1.56. The Hall–Kier alpha value is -3.11. The summed E-state index contributed by atoms with van der Waals surface area (Å²) in [6.45, 7) is 4.58. The molecule has 4 atom stereocenters. The van der Waals surface area contributed by atoms with Gasteiger partial charge in [-0.1, -0.05) is 26.0 Å². The van der Waals surface area contributed by atoms with E-state index >= 15 is 0 Å². The fourth-order valence-corrected chi connectivity index (χ4v) is 4.37. The molecule has 0 spiro atoms. The van der Waals surface area contributed by atoms with Crippen LogP contribution in [0, 0.1) is 11.8 Å². The van der Waals surface area contributed by atoms with Crippen LogP contribution in [0.4, 0.5) is 0 Å². The largest absolute Gasteiger partial charge is 0.481 e. The standard InChI is InChI=1S/C26H35N5O4S/c1-15(2)12-21(26(34)30-20(23(27)36)13-18-10-11-28-24(18)32)31-25(33)17-6-4-16(5-7-17)19-8-9-22(35-3)29-14-19/h4-9,14-15,18,20-21,23,36H,10-13,27H2,1-3H3,(H,28,32)(H,30,34)(H,31,33)/t18-,20-,21-,23-/m0/s1. The summed E-state index contributed by atoms with van der Waals surface area (Å²) in [5.74, 6) is -0.259. The number of hydrogen-bond acceptors (Lipinski definition) is 7. The molecule has 3 rings (SSSR count). The maximum absolute atomic E-state index is 13.2. The fraction of sp³-hybridized carbons (Fsp3) is 0.462. The minimum absolute atomic E-state index is 0.0378. The number of methoxy groups -OCH3 is 1. The summed E-state index contributed by atoms with van der Waals surface area (Å²) < 4.78 is 5.09. The van der Waals surface area contributed by atoms with E-state index in [1.807, 2.05) is 32.0 Å². The van der Waals surface area contributed by atoms with Crippen molar-refractivity contribution in [2.24, 2.45) is 17.6 Å². The van der Waals surface area contributed by atoms with E-state index in [0.717, 1.165) is 11.1 Å². The van der Waals surface area contributed by atoms with Gasteiger partial charge in [0.25, 0.3) is 5.91 Å². The Morgan fingerprint density at radius 1 is 1.17 bits per heavy atom. The van der Waals surface area contributed by atoms with Gasteiger partial charge >= 0.3 is 0 Å². The first-order valence-electron chi connectivity index (χ1n) is 12.1. The lowest BCUT2D eigenvalue weighted by Gasteiger charge is -2.27. The van der Waals surface area contributed by atoms with Gasteiger partial charge in [0, 0.05) is 35.9 Å². The third-order valence-corrected chi connectivity index (χ3v) is 6.56. The van der Waals surface area contributed by atoms with E-state index in [4.69, 9.17) is 10.5 Å². The van der Waals surface area contributed by atoms with E-state index in [1.165, 1.54) is 0 Å². The molecule has 2 aromatic rings. The fourth-order valence-electron chi connectivity index (χ4n) is 4.17. The number of rotatable bonds is 11. The van der Waals surface area contributed by atoms with Gasteiger partial charge < -0.3 is 26.4 Å². The Morgan fingerprint density at radius 2 is 1.86 bits per heavy atom. The Bertz CT molecular complexity index is 1040. The van der Waals surface area contributed by atoms with Gasteiger partial charge in [-0.05, 0) is 48.9 Å². The Morgan fingerprint density at radius 3 is 2.39 bits per heavy atom. The molecule has 10 heteroatoms.